The van der Waals surface area contributed by atoms with Crippen molar-refractivity contribution >= 4 is 36.8 Å². The van der Waals surface area contributed by atoms with Gasteiger partial charge in [-0.3, -0.25) is 9.59 Å². The van der Waals surface area contributed by atoms with E-state index < -0.39 is 20.0 Å². The van der Waals surface area contributed by atoms with Gasteiger partial charge in [0.25, 0.3) is 0 Å². The first-order valence-corrected chi connectivity index (χ1v) is 14.6. The van der Waals surface area contributed by atoms with Gasteiger partial charge in [0.05, 0.1) is 21.3 Å². The molecule has 2 aromatic rings. The van der Waals surface area contributed by atoms with Crippen LogP contribution in [0.4, 0.5) is 0 Å². The Morgan fingerprint density at radius 2 is 1.87 bits per heavy atom. The second-order valence-electron chi connectivity index (χ2n) is 8.62. The van der Waals surface area contributed by atoms with Crippen LogP contribution in [-0.2, 0) is 9.53 Å². The van der Waals surface area contributed by atoms with Gasteiger partial charge in [0, 0.05) is 16.0 Å². The van der Waals surface area contributed by atoms with Gasteiger partial charge in [-0.1, -0.05) is 43.9 Å². The summed E-state index contributed by atoms with van der Waals surface area (Å²) in [6.45, 7) is 8.98. The van der Waals surface area contributed by atoms with Crippen molar-refractivity contribution in [2.45, 2.75) is 44.3 Å². The van der Waals surface area contributed by atoms with Crippen LogP contribution >= 0.6 is 11.8 Å². The van der Waals surface area contributed by atoms with Crippen LogP contribution in [0.2, 0.25) is 19.6 Å². The van der Waals surface area contributed by atoms with Crippen molar-refractivity contribution < 1.29 is 14.3 Å². The lowest BCUT2D eigenvalue weighted by atomic mass is 10.0. The molecule has 2 aromatic carbocycles. The van der Waals surface area contributed by atoms with Gasteiger partial charge in [-0.05, 0) is 53.5 Å². The standard InChI is InChI=1S/C24H27NO3SSi/c1-15-20(29-12-8-9-16(14-25)24(27)28-2)13-19-17-10-6-7-11-18(17)22(26)21(19)23(15)30(3,4)5/h6-7,10-11,13,16H,8-9,12H2,1-5H3. The lowest BCUT2D eigenvalue weighted by molar-refractivity contribution is -0.143. The highest BCUT2D eigenvalue weighted by atomic mass is 32.2. The van der Waals surface area contributed by atoms with E-state index in [2.05, 4.69) is 37.4 Å². The lowest BCUT2D eigenvalue weighted by Gasteiger charge is -2.25. The minimum absolute atomic E-state index is 0.146. The van der Waals surface area contributed by atoms with Gasteiger partial charge >= 0.3 is 5.97 Å². The molecule has 0 radical (unpaired) electrons. The minimum Gasteiger partial charge on any atom is -0.468 e. The van der Waals surface area contributed by atoms with E-state index in [1.807, 2.05) is 30.3 Å². The number of nitrogens with zero attached hydrogens (tertiary/aromatic N) is 1. The van der Waals surface area contributed by atoms with Gasteiger partial charge in [-0.2, -0.15) is 5.26 Å². The molecule has 30 heavy (non-hydrogen) atoms. The summed E-state index contributed by atoms with van der Waals surface area (Å²) in [4.78, 5) is 26.0. The molecule has 0 saturated carbocycles. The number of methoxy groups -OCH3 is 1. The number of ketones is 1. The Balaban J connectivity index is 1.92. The monoisotopic (exact) mass is 437 g/mol. The number of hydrogen-bond donors (Lipinski definition) is 0. The van der Waals surface area contributed by atoms with Gasteiger partial charge in [-0.15, -0.1) is 11.8 Å². The topological polar surface area (TPSA) is 67.2 Å². The van der Waals surface area contributed by atoms with Crippen LogP contribution in [0.25, 0.3) is 11.1 Å². The molecule has 1 atom stereocenters. The normalized spacial score (nSPS) is 13.4. The van der Waals surface area contributed by atoms with Crippen molar-refractivity contribution in [3.63, 3.8) is 0 Å². The van der Waals surface area contributed by atoms with Crippen LogP contribution < -0.4 is 5.19 Å². The predicted molar refractivity (Wildman–Crippen MR) is 124 cm³/mol. The average Bonchev–Trinajstić information content (AvgIpc) is 2.98. The van der Waals surface area contributed by atoms with E-state index >= 15 is 0 Å². The number of rotatable bonds is 7. The third-order valence-corrected chi connectivity index (χ3v) is 8.87. The first-order chi connectivity index (χ1) is 14.2. The first-order valence-electron chi connectivity index (χ1n) is 10.1. The van der Waals surface area contributed by atoms with E-state index in [1.54, 1.807) is 11.8 Å². The Labute approximate surface area is 183 Å². The Morgan fingerprint density at radius 3 is 2.47 bits per heavy atom. The second kappa shape index (κ2) is 8.79. The lowest BCUT2D eigenvalue weighted by Crippen LogP contribution is -2.43. The maximum absolute atomic E-state index is 13.2. The number of carbonyl (C=O) groups is 2. The third-order valence-electron chi connectivity index (χ3n) is 5.51. The zero-order chi connectivity index (χ0) is 22.1. The van der Waals surface area contributed by atoms with Gasteiger partial charge in [-0.25, -0.2) is 0 Å². The van der Waals surface area contributed by atoms with E-state index in [0.29, 0.717) is 6.42 Å². The molecule has 0 bridgehead atoms. The molecule has 0 aliphatic heterocycles. The SMILES string of the molecule is COC(=O)C(C#N)CCCSc1cc2c(c([Si](C)(C)C)c1C)C(=O)c1ccccc1-2. The number of benzene rings is 2. The largest absolute Gasteiger partial charge is 0.468 e. The van der Waals surface area contributed by atoms with Crippen molar-refractivity contribution in [2.75, 3.05) is 12.9 Å². The third kappa shape index (κ3) is 4.10. The molecule has 6 heteroatoms. The van der Waals surface area contributed by atoms with E-state index in [1.165, 1.54) is 22.8 Å². The molecule has 0 heterocycles. The van der Waals surface area contributed by atoms with Crippen LogP contribution in [0.15, 0.2) is 35.2 Å². The van der Waals surface area contributed by atoms with Gasteiger partial charge in [0.15, 0.2) is 5.78 Å². The number of fused-ring (bicyclic) bond motifs is 3. The molecule has 0 amide bonds. The van der Waals surface area contributed by atoms with Crippen molar-refractivity contribution in [3.8, 4) is 17.2 Å². The summed E-state index contributed by atoms with van der Waals surface area (Å²) in [6, 6.07) is 12.0. The van der Waals surface area contributed by atoms with Crippen molar-refractivity contribution in [1.29, 1.82) is 5.26 Å². The summed E-state index contributed by atoms with van der Waals surface area (Å²) >= 11 is 1.74. The fraction of sp³-hybridized carbons (Fsp3) is 0.375. The summed E-state index contributed by atoms with van der Waals surface area (Å²) in [5, 5.41) is 10.4. The average molecular weight is 438 g/mol. The Kier molecular flexibility index (Phi) is 6.54. The number of nitriles is 1. The number of ether oxygens (including phenoxy) is 1. The summed E-state index contributed by atoms with van der Waals surface area (Å²) < 4.78 is 4.69. The highest BCUT2D eigenvalue weighted by molar-refractivity contribution is 7.99. The zero-order valence-corrected chi connectivity index (χ0v) is 20.0. The molecule has 156 valence electrons. The molecular weight excluding hydrogens is 410 g/mol. The summed E-state index contributed by atoms with van der Waals surface area (Å²) in [6.07, 6.45) is 1.23. The number of thioether (sulfide) groups is 1. The molecule has 1 aliphatic rings. The van der Waals surface area contributed by atoms with Crippen LogP contribution in [0.3, 0.4) is 0 Å². The first kappa shape index (κ1) is 22.3. The molecule has 0 fully saturated rings. The van der Waals surface area contributed by atoms with E-state index in [9.17, 15) is 9.59 Å². The van der Waals surface area contributed by atoms with E-state index in [4.69, 9.17) is 5.26 Å². The molecule has 0 spiro atoms. The van der Waals surface area contributed by atoms with Gasteiger partial charge in [0.1, 0.15) is 5.92 Å². The maximum Gasteiger partial charge on any atom is 0.323 e. The van der Waals surface area contributed by atoms with Gasteiger partial charge in [0.2, 0.25) is 0 Å². The van der Waals surface area contributed by atoms with Crippen LogP contribution in [0, 0.1) is 24.2 Å². The molecule has 0 aromatic heterocycles. The van der Waals surface area contributed by atoms with Crippen molar-refractivity contribution in [1.82, 2.24) is 0 Å². The Bertz CT molecular complexity index is 1050. The zero-order valence-electron chi connectivity index (χ0n) is 18.2. The summed E-state index contributed by atoms with van der Waals surface area (Å²) in [7, 11) is -0.465. The minimum atomic E-state index is -1.78. The predicted octanol–water partition coefficient (Wildman–Crippen LogP) is 4.94. The van der Waals surface area contributed by atoms with Crippen molar-refractivity contribution in [2.24, 2.45) is 5.92 Å². The molecule has 1 aliphatic carbocycles. The van der Waals surface area contributed by atoms with Crippen molar-refractivity contribution in [3.05, 3.63) is 47.0 Å². The smallest absolute Gasteiger partial charge is 0.323 e. The summed E-state index contributed by atoms with van der Waals surface area (Å²) in [5.41, 5.74) is 4.96. The molecule has 0 N–H and O–H groups in total. The van der Waals surface area contributed by atoms with E-state index in [-0.39, 0.29) is 5.78 Å². The quantitative estimate of drug-likeness (QED) is 0.227. The molecule has 1 unspecified atom stereocenters. The number of hydrogen-bond acceptors (Lipinski definition) is 5. The highest BCUT2D eigenvalue weighted by Crippen LogP contribution is 2.40. The molecule has 3 rings (SSSR count). The fourth-order valence-corrected chi connectivity index (χ4v) is 7.59. The molecular formula is C24H27NO3SSi. The fourth-order valence-electron chi connectivity index (χ4n) is 4.19. The second-order valence-corrected chi connectivity index (χ2v) is 14.8. The van der Waals surface area contributed by atoms with Crippen LogP contribution in [-0.4, -0.2) is 32.7 Å². The molecule has 0 saturated heterocycles. The summed E-state index contributed by atoms with van der Waals surface area (Å²) in [5.74, 6) is -0.228. The van der Waals surface area contributed by atoms with Crippen LogP contribution in [0.5, 0.6) is 0 Å². The maximum atomic E-state index is 13.2. The van der Waals surface area contributed by atoms with Crippen LogP contribution in [0.1, 0.15) is 34.3 Å². The van der Waals surface area contributed by atoms with Gasteiger partial charge < -0.3 is 4.74 Å². The number of esters is 1. The Morgan fingerprint density at radius 1 is 1.20 bits per heavy atom. The molecule has 4 nitrogen and oxygen atoms in total. The number of carbonyl (C=O) groups excluding carboxylic acids is 2. The highest BCUT2D eigenvalue weighted by Gasteiger charge is 2.35. The van der Waals surface area contributed by atoms with E-state index in [0.717, 1.165) is 34.4 Å². The Hall–Kier alpha value is -2.36.